The van der Waals surface area contributed by atoms with Crippen LogP contribution in [-0.2, 0) is 27.9 Å². The molecule has 0 spiro atoms. The van der Waals surface area contributed by atoms with E-state index in [4.69, 9.17) is 18.5 Å². The molecule has 382 valence electrons. The van der Waals surface area contributed by atoms with Crippen LogP contribution in [0.4, 0.5) is 0 Å². The van der Waals surface area contributed by atoms with Crippen LogP contribution >= 0.6 is 7.82 Å². The molecule has 0 radical (unpaired) electrons. The van der Waals surface area contributed by atoms with Gasteiger partial charge in [-0.05, 0) is 103 Å². The lowest BCUT2D eigenvalue weighted by molar-refractivity contribution is -0.870. The van der Waals surface area contributed by atoms with E-state index in [0.717, 1.165) is 122 Å². The molecule has 0 saturated carbocycles. The first-order chi connectivity index (χ1) is 32.6. The molecule has 0 aromatic heterocycles. The number of carbonyl (C=O) groups excluding carboxylic acids is 1. The molecule has 0 aromatic rings. The third-order valence-corrected chi connectivity index (χ3v) is 11.5. The lowest BCUT2D eigenvalue weighted by Gasteiger charge is -2.28. The van der Waals surface area contributed by atoms with Gasteiger partial charge in [-0.1, -0.05) is 193 Å². The average Bonchev–Trinajstić information content (AvgIpc) is 3.29. The Kier molecular flexibility index (Phi) is 47.0. The van der Waals surface area contributed by atoms with Crippen molar-refractivity contribution in [2.75, 3.05) is 54.1 Å². The van der Waals surface area contributed by atoms with E-state index in [1.807, 2.05) is 21.1 Å². The number of quaternary nitrogens is 1. The zero-order valence-corrected chi connectivity index (χ0v) is 44.2. The molecule has 0 aliphatic carbocycles. The first kappa shape index (κ1) is 63.9. The summed E-state index contributed by atoms with van der Waals surface area (Å²) in [5.74, 6) is -0.357. The van der Waals surface area contributed by atoms with Crippen LogP contribution in [0.2, 0.25) is 0 Å². The minimum Gasteiger partial charge on any atom is -0.756 e. The highest BCUT2D eigenvalue weighted by atomic mass is 31.2. The van der Waals surface area contributed by atoms with Gasteiger partial charge in [0, 0.05) is 13.0 Å². The van der Waals surface area contributed by atoms with Gasteiger partial charge in [0.15, 0.2) is 0 Å². The Hall–Kier alpha value is -3.10. The van der Waals surface area contributed by atoms with Gasteiger partial charge in [-0.25, -0.2) is 0 Å². The molecule has 9 heteroatoms. The van der Waals surface area contributed by atoms with Crippen LogP contribution in [0, 0.1) is 0 Å². The first-order valence-corrected chi connectivity index (χ1v) is 27.7. The molecular formula is C58H98NO7P. The highest BCUT2D eigenvalue weighted by Gasteiger charge is 2.20. The third kappa shape index (κ3) is 53.7. The van der Waals surface area contributed by atoms with E-state index in [1.54, 1.807) is 0 Å². The van der Waals surface area contributed by atoms with Crippen LogP contribution in [0.15, 0.2) is 122 Å². The molecular weight excluding hydrogens is 854 g/mol. The van der Waals surface area contributed by atoms with Crippen molar-refractivity contribution in [3.8, 4) is 0 Å². The van der Waals surface area contributed by atoms with E-state index in [0.29, 0.717) is 17.6 Å². The standard InChI is InChI=1S/C58H98NO7P/c1-6-8-10-12-14-16-18-20-22-24-26-27-28-29-30-31-32-34-36-38-40-42-44-46-48-50-53-63-55-57(56-65-67(61,62)64-54-52-59(3,4)5)66-58(60)51-49-47-45-43-41-39-37-35-33-25-23-21-19-17-15-13-11-9-7-2/h8-11,14-17,20-23,26-27,29-30,32-35,57H,6-7,12-13,18-19,24-25,28,31,36-56H2,1-5H3/b10-8-,11-9-,16-14-,17-15-,22-20-,23-21-,27-26-,30-29-,34-32-,35-33-. The maximum Gasteiger partial charge on any atom is 0.306 e. The second-order valence-corrected chi connectivity index (χ2v) is 19.5. The van der Waals surface area contributed by atoms with Crippen LogP contribution in [-0.4, -0.2) is 70.7 Å². The fourth-order valence-corrected chi connectivity index (χ4v) is 7.27. The molecule has 0 aliphatic heterocycles. The summed E-state index contributed by atoms with van der Waals surface area (Å²) < 4.78 is 34.7. The minimum atomic E-state index is -4.55. The summed E-state index contributed by atoms with van der Waals surface area (Å²) in [4.78, 5) is 25.2. The van der Waals surface area contributed by atoms with Crippen molar-refractivity contribution in [3.05, 3.63) is 122 Å². The minimum absolute atomic E-state index is 0.0130. The molecule has 8 nitrogen and oxygen atoms in total. The van der Waals surface area contributed by atoms with Gasteiger partial charge in [-0.15, -0.1) is 0 Å². The molecule has 0 aromatic carbocycles. The summed E-state index contributed by atoms with van der Waals surface area (Å²) in [7, 11) is 1.32. The zero-order valence-electron chi connectivity index (χ0n) is 43.3. The van der Waals surface area contributed by atoms with Crippen LogP contribution in [0.25, 0.3) is 0 Å². The number of likely N-dealkylation sites (N-methyl/N-ethyl adjacent to an activating group) is 1. The van der Waals surface area contributed by atoms with Gasteiger partial charge in [0.05, 0.1) is 34.4 Å². The molecule has 2 unspecified atom stereocenters. The summed E-state index contributed by atoms with van der Waals surface area (Å²) in [5, 5.41) is 0. The Morgan fingerprint density at radius 3 is 1.22 bits per heavy atom. The van der Waals surface area contributed by atoms with E-state index < -0.39 is 13.9 Å². The Morgan fingerprint density at radius 1 is 0.463 bits per heavy atom. The van der Waals surface area contributed by atoms with E-state index in [9.17, 15) is 14.3 Å². The van der Waals surface area contributed by atoms with Gasteiger partial charge in [0.1, 0.15) is 19.3 Å². The van der Waals surface area contributed by atoms with Crippen molar-refractivity contribution >= 4 is 13.8 Å². The smallest absolute Gasteiger partial charge is 0.306 e. The number of esters is 1. The second kappa shape index (κ2) is 49.3. The maximum absolute atomic E-state index is 12.8. The van der Waals surface area contributed by atoms with Crippen molar-refractivity contribution < 1.29 is 37.3 Å². The number of phosphoric acid groups is 1. The monoisotopic (exact) mass is 952 g/mol. The van der Waals surface area contributed by atoms with Crippen molar-refractivity contribution in [1.82, 2.24) is 0 Å². The molecule has 0 N–H and O–H groups in total. The maximum atomic E-state index is 12.8. The molecule has 67 heavy (non-hydrogen) atoms. The quantitative estimate of drug-likeness (QED) is 0.0197. The van der Waals surface area contributed by atoms with Crippen LogP contribution in [0.1, 0.15) is 181 Å². The second-order valence-electron chi connectivity index (χ2n) is 18.1. The first-order valence-electron chi connectivity index (χ1n) is 26.3. The topological polar surface area (TPSA) is 94.1 Å². The van der Waals surface area contributed by atoms with Gasteiger partial charge in [0.2, 0.25) is 0 Å². The summed E-state index contributed by atoms with van der Waals surface area (Å²) in [6.07, 6.45) is 70.8. The highest BCUT2D eigenvalue weighted by molar-refractivity contribution is 7.45. The lowest BCUT2D eigenvalue weighted by atomic mass is 10.1. The summed E-state index contributed by atoms with van der Waals surface area (Å²) in [6.45, 7) is 5.11. The fourth-order valence-electron chi connectivity index (χ4n) is 6.54. The van der Waals surface area contributed by atoms with Crippen molar-refractivity contribution in [3.63, 3.8) is 0 Å². The van der Waals surface area contributed by atoms with E-state index in [1.165, 1.54) is 38.5 Å². The Morgan fingerprint density at radius 2 is 0.821 bits per heavy atom. The average molecular weight is 952 g/mol. The number of hydrogen-bond acceptors (Lipinski definition) is 7. The molecule has 2 atom stereocenters. The normalized spacial score (nSPS) is 14.5. The molecule has 0 aliphatic rings. The van der Waals surface area contributed by atoms with E-state index >= 15 is 0 Å². The summed E-state index contributed by atoms with van der Waals surface area (Å²) >= 11 is 0. The van der Waals surface area contributed by atoms with Crippen molar-refractivity contribution in [2.45, 2.75) is 187 Å². The number of ether oxygens (including phenoxy) is 2. The Labute approximate surface area is 412 Å². The van der Waals surface area contributed by atoms with Gasteiger partial charge < -0.3 is 27.9 Å². The molecule has 0 rings (SSSR count). The zero-order chi connectivity index (χ0) is 49.0. The van der Waals surface area contributed by atoms with Gasteiger partial charge in [0.25, 0.3) is 7.82 Å². The number of hydrogen-bond donors (Lipinski definition) is 0. The van der Waals surface area contributed by atoms with Gasteiger partial charge >= 0.3 is 5.97 Å². The number of rotatable bonds is 47. The predicted molar refractivity (Wildman–Crippen MR) is 286 cm³/mol. The number of phosphoric ester groups is 1. The van der Waals surface area contributed by atoms with Crippen LogP contribution in [0.3, 0.4) is 0 Å². The van der Waals surface area contributed by atoms with Crippen molar-refractivity contribution in [2.24, 2.45) is 0 Å². The van der Waals surface area contributed by atoms with Crippen LogP contribution < -0.4 is 4.89 Å². The van der Waals surface area contributed by atoms with E-state index in [2.05, 4.69) is 135 Å². The summed E-state index contributed by atoms with van der Waals surface area (Å²) in [6, 6.07) is 0. The number of nitrogens with zero attached hydrogens (tertiary/aromatic N) is 1. The predicted octanol–water partition coefficient (Wildman–Crippen LogP) is 15.9. The van der Waals surface area contributed by atoms with Crippen molar-refractivity contribution in [1.29, 1.82) is 0 Å². The van der Waals surface area contributed by atoms with Gasteiger partial charge in [-0.3, -0.25) is 9.36 Å². The Bertz CT molecular complexity index is 1480. The molecule has 0 saturated heterocycles. The number of carbonyl (C=O) groups is 1. The van der Waals surface area contributed by atoms with Crippen LogP contribution in [0.5, 0.6) is 0 Å². The number of allylic oxidation sites excluding steroid dienone is 20. The molecule has 0 fully saturated rings. The summed E-state index contributed by atoms with van der Waals surface area (Å²) in [5.41, 5.74) is 0. The SMILES string of the molecule is CC/C=C\C/C=C\C/C=C\C/C=C\C/C=C\C/C=C\CCCCCCCCCOCC(COP(=O)([O-])OCC[N+](C)(C)C)OC(=O)CCCCCCCC/C=C\C/C=C\C/C=C\C/C=C\CC. The Balaban J connectivity index is 4.22. The highest BCUT2D eigenvalue weighted by Crippen LogP contribution is 2.38. The third-order valence-electron chi connectivity index (χ3n) is 10.5. The van der Waals surface area contributed by atoms with E-state index in [-0.39, 0.29) is 32.2 Å². The number of unbranched alkanes of at least 4 members (excludes halogenated alkanes) is 13. The molecule has 0 amide bonds. The van der Waals surface area contributed by atoms with Gasteiger partial charge in [-0.2, -0.15) is 0 Å². The fraction of sp³-hybridized carbons (Fsp3) is 0.638. The largest absolute Gasteiger partial charge is 0.756 e. The molecule has 0 heterocycles. The molecule has 0 bridgehead atoms. The lowest BCUT2D eigenvalue weighted by Crippen LogP contribution is -2.37.